The first-order valence-corrected chi connectivity index (χ1v) is 4.15. The molecular formula is C4H12N2OP+. The molecule has 0 aromatic carbocycles. The van der Waals surface area contributed by atoms with Crippen molar-refractivity contribution >= 4 is 7.80 Å². The molecule has 8 heavy (non-hydrogen) atoms. The van der Waals surface area contributed by atoms with Crippen LogP contribution >= 0.6 is 7.80 Å². The summed E-state index contributed by atoms with van der Waals surface area (Å²) >= 11 is 0. The summed E-state index contributed by atoms with van der Waals surface area (Å²) in [5, 5.41) is 5.66. The Morgan fingerprint density at radius 2 is 1.62 bits per heavy atom. The first-order valence-electron chi connectivity index (χ1n) is 2.52. The number of hydrogen-bond acceptors (Lipinski definition) is 3. The van der Waals surface area contributed by atoms with Gasteiger partial charge in [0.2, 0.25) is 0 Å². The van der Waals surface area contributed by atoms with Crippen molar-refractivity contribution in [3.05, 3.63) is 0 Å². The van der Waals surface area contributed by atoms with Crippen molar-refractivity contribution in [2.75, 3.05) is 26.7 Å². The average Bonchev–Trinajstić information content (AvgIpc) is 1.68. The maximum absolute atomic E-state index is 10.7. The summed E-state index contributed by atoms with van der Waals surface area (Å²) in [5.74, 6) is 0. The first-order chi connectivity index (χ1) is 3.81. The second-order valence-electron chi connectivity index (χ2n) is 1.51. The molecule has 0 aliphatic rings. The van der Waals surface area contributed by atoms with Gasteiger partial charge in [-0.15, -0.1) is 0 Å². The van der Waals surface area contributed by atoms with Crippen molar-refractivity contribution in [2.24, 2.45) is 0 Å². The van der Waals surface area contributed by atoms with Crippen LogP contribution in [0.1, 0.15) is 0 Å². The molecule has 4 heteroatoms. The van der Waals surface area contributed by atoms with Crippen LogP contribution in [0.3, 0.4) is 0 Å². The van der Waals surface area contributed by atoms with E-state index >= 15 is 0 Å². The third-order valence-corrected chi connectivity index (χ3v) is 2.01. The molecule has 0 spiro atoms. The van der Waals surface area contributed by atoms with Gasteiger partial charge in [0, 0.05) is 0 Å². The highest BCUT2D eigenvalue weighted by Gasteiger charge is 2.08. The molecule has 0 aliphatic heterocycles. The summed E-state index contributed by atoms with van der Waals surface area (Å²) < 4.78 is 10.7. The predicted molar refractivity (Wildman–Crippen MR) is 35.5 cm³/mol. The minimum absolute atomic E-state index is 0.607. The summed E-state index contributed by atoms with van der Waals surface area (Å²) in [7, 11) is 2.54. The van der Waals surface area contributed by atoms with Gasteiger partial charge in [0.25, 0.3) is 0 Å². The van der Waals surface area contributed by atoms with E-state index in [1.54, 1.807) is 14.1 Å². The molecular weight excluding hydrogens is 123 g/mol. The van der Waals surface area contributed by atoms with Gasteiger partial charge in [0.15, 0.2) is 12.6 Å². The van der Waals surface area contributed by atoms with E-state index in [2.05, 4.69) is 10.6 Å². The SMILES string of the molecule is CNC[P+](=O)CNC. The van der Waals surface area contributed by atoms with E-state index in [4.69, 9.17) is 0 Å². The van der Waals surface area contributed by atoms with Gasteiger partial charge >= 0.3 is 7.80 Å². The lowest BCUT2D eigenvalue weighted by Crippen LogP contribution is -2.10. The lowest BCUT2D eigenvalue weighted by molar-refractivity contribution is 0.582. The fourth-order valence-electron chi connectivity index (χ4n) is 0.409. The molecule has 0 unspecified atom stereocenters. The second-order valence-corrected chi connectivity index (χ2v) is 3.10. The maximum atomic E-state index is 10.7. The van der Waals surface area contributed by atoms with Crippen LogP contribution in [-0.4, -0.2) is 26.7 Å². The van der Waals surface area contributed by atoms with Crippen molar-refractivity contribution < 1.29 is 4.57 Å². The van der Waals surface area contributed by atoms with Crippen LogP contribution < -0.4 is 10.6 Å². The monoisotopic (exact) mass is 135 g/mol. The molecule has 0 saturated carbocycles. The third-order valence-electron chi connectivity index (χ3n) is 0.669. The molecule has 0 bridgehead atoms. The van der Waals surface area contributed by atoms with E-state index in [1.807, 2.05) is 0 Å². The molecule has 0 rings (SSSR count). The molecule has 0 atom stereocenters. The Morgan fingerprint density at radius 3 is 1.88 bits per heavy atom. The van der Waals surface area contributed by atoms with Gasteiger partial charge in [-0.25, -0.2) is 0 Å². The zero-order valence-corrected chi connectivity index (χ0v) is 6.16. The highest BCUT2D eigenvalue weighted by atomic mass is 31.1. The van der Waals surface area contributed by atoms with Crippen LogP contribution in [0.4, 0.5) is 0 Å². The topological polar surface area (TPSA) is 41.1 Å². The Kier molecular flexibility index (Phi) is 5.18. The summed E-state index contributed by atoms with van der Waals surface area (Å²) in [6.07, 6.45) is 1.21. The number of nitrogens with one attached hydrogen (secondary N) is 2. The van der Waals surface area contributed by atoms with E-state index < -0.39 is 7.80 Å². The van der Waals surface area contributed by atoms with Gasteiger partial charge in [-0.2, -0.15) is 0 Å². The van der Waals surface area contributed by atoms with E-state index in [1.165, 1.54) is 0 Å². The zero-order valence-electron chi connectivity index (χ0n) is 5.27. The molecule has 2 N–H and O–H groups in total. The molecule has 0 radical (unpaired) electrons. The van der Waals surface area contributed by atoms with E-state index in [0.717, 1.165) is 0 Å². The summed E-state index contributed by atoms with van der Waals surface area (Å²) in [6, 6.07) is 0. The highest BCUT2D eigenvalue weighted by molar-refractivity contribution is 7.44. The lowest BCUT2D eigenvalue weighted by Gasteiger charge is -1.83. The van der Waals surface area contributed by atoms with Crippen LogP contribution in [0.25, 0.3) is 0 Å². The fourth-order valence-corrected chi connectivity index (χ4v) is 1.23. The molecule has 48 valence electrons. The van der Waals surface area contributed by atoms with Crippen molar-refractivity contribution in [3.8, 4) is 0 Å². The van der Waals surface area contributed by atoms with E-state index in [9.17, 15) is 4.57 Å². The summed E-state index contributed by atoms with van der Waals surface area (Å²) in [6.45, 7) is 0. The summed E-state index contributed by atoms with van der Waals surface area (Å²) in [5.41, 5.74) is 0. The maximum Gasteiger partial charge on any atom is 0.369 e. The molecule has 3 nitrogen and oxygen atoms in total. The normalized spacial score (nSPS) is 9.25. The smallest absolute Gasteiger partial charge is 0.279 e. The highest BCUT2D eigenvalue weighted by Crippen LogP contribution is 2.13. The van der Waals surface area contributed by atoms with Crippen LogP contribution in [-0.2, 0) is 4.57 Å². The molecule has 0 aromatic rings. The van der Waals surface area contributed by atoms with Crippen molar-refractivity contribution in [2.45, 2.75) is 0 Å². The third kappa shape index (κ3) is 4.19. The van der Waals surface area contributed by atoms with Gasteiger partial charge in [-0.05, 0) is 14.1 Å². The van der Waals surface area contributed by atoms with Crippen LogP contribution in [0.15, 0.2) is 0 Å². The van der Waals surface area contributed by atoms with Crippen molar-refractivity contribution in [1.29, 1.82) is 0 Å². The van der Waals surface area contributed by atoms with Crippen molar-refractivity contribution in [1.82, 2.24) is 10.6 Å². The van der Waals surface area contributed by atoms with E-state index in [0.29, 0.717) is 12.6 Å². The second kappa shape index (κ2) is 5.16. The molecule has 0 heterocycles. The molecule has 0 saturated heterocycles. The Morgan fingerprint density at radius 1 is 1.25 bits per heavy atom. The molecule has 0 aliphatic carbocycles. The average molecular weight is 135 g/mol. The predicted octanol–water partition coefficient (Wildman–Crippen LogP) is 0.168. The fraction of sp³-hybridized carbons (Fsp3) is 1.00. The summed E-state index contributed by atoms with van der Waals surface area (Å²) in [4.78, 5) is 0. The zero-order chi connectivity index (χ0) is 6.41. The largest absolute Gasteiger partial charge is 0.369 e. The molecule has 0 fully saturated rings. The Labute approximate surface area is 50.6 Å². The lowest BCUT2D eigenvalue weighted by atomic mass is 11.2. The van der Waals surface area contributed by atoms with Gasteiger partial charge in [-0.3, -0.25) is 10.6 Å². The molecule has 0 aromatic heterocycles. The minimum atomic E-state index is -1.05. The van der Waals surface area contributed by atoms with Gasteiger partial charge < -0.3 is 0 Å². The van der Waals surface area contributed by atoms with Gasteiger partial charge in [-0.1, -0.05) is 4.57 Å². The standard InChI is InChI=1S/C4H12N2OP/c1-5-3-8(7)4-6-2/h5-6H,3-4H2,1-2H3/q+1. The minimum Gasteiger partial charge on any atom is -0.279 e. The number of rotatable bonds is 4. The molecule has 0 amide bonds. The van der Waals surface area contributed by atoms with Gasteiger partial charge in [0.1, 0.15) is 0 Å². The van der Waals surface area contributed by atoms with Crippen molar-refractivity contribution in [3.63, 3.8) is 0 Å². The quantitative estimate of drug-likeness (QED) is 0.540. The van der Waals surface area contributed by atoms with Crippen LogP contribution in [0.2, 0.25) is 0 Å². The number of hydrogen-bond donors (Lipinski definition) is 2. The van der Waals surface area contributed by atoms with Crippen LogP contribution in [0.5, 0.6) is 0 Å². The first kappa shape index (κ1) is 8.02. The van der Waals surface area contributed by atoms with Crippen LogP contribution in [0, 0.1) is 0 Å². The van der Waals surface area contributed by atoms with E-state index in [-0.39, 0.29) is 0 Å². The Hall–Kier alpha value is 0.0200. The Balaban J connectivity index is 3.06. The Bertz CT molecular complexity index is 68.4. The van der Waals surface area contributed by atoms with Gasteiger partial charge in [0.05, 0.1) is 0 Å².